The number of carbonyl (C=O) groups excluding carboxylic acids is 1. The van der Waals surface area contributed by atoms with Gasteiger partial charge in [-0.1, -0.05) is 24.3 Å². The SMILES string of the molecule is O=C(Cc1ccc(F)cc1)N1CCCCc2cc(C(O)(C(F)(F)F)C(F)(F)F)ccc21. The molecular formula is C21H18F7NO2. The summed E-state index contributed by atoms with van der Waals surface area (Å²) in [4.78, 5) is 14.1. The van der Waals surface area contributed by atoms with Crippen LogP contribution in [0, 0.1) is 5.82 Å². The van der Waals surface area contributed by atoms with E-state index in [1.807, 2.05) is 0 Å². The molecule has 2 aromatic carbocycles. The number of carbonyl (C=O) groups is 1. The molecule has 10 heteroatoms. The number of benzene rings is 2. The molecule has 31 heavy (non-hydrogen) atoms. The summed E-state index contributed by atoms with van der Waals surface area (Å²) in [5.41, 5.74) is -5.56. The van der Waals surface area contributed by atoms with Crippen LogP contribution in [-0.4, -0.2) is 29.9 Å². The molecule has 2 aromatic rings. The third-order valence-electron chi connectivity index (χ3n) is 5.26. The lowest BCUT2D eigenvalue weighted by atomic mass is 9.89. The van der Waals surface area contributed by atoms with Crippen molar-refractivity contribution >= 4 is 11.6 Å². The van der Waals surface area contributed by atoms with Crippen LogP contribution in [0.5, 0.6) is 0 Å². The molecule has 3 nitrogen and oxygen atoms in total. The number of aliphatic hydroxyl groups is 1. The zero-order chi connectivity index (χ0) is 23.0. The summed E-state index contributed by atoms with van der Waals surface area (Å²) in [6.07, 6.45) is -11.0. The van der Waals surface area contributed by atoms with Crippen molar-refractivity contribution in [3.05, 3.63) is 65.0 Å². The second kappa shape index (κ2) is 8.14. The lowest BCUT2D eigenvalue weighted by Crippen LogP contribution is -2.54. The van der Waals surface area contributed by atoms with Crippen molar-refractivity contribution in [1.29, 1.82) is 0 Å². The van der Waals surface area contributed by atoms with E-state index in [0.29, 0.717) is 30.5 Å². The molecule has 1 heterocycles. The molecule has 0 saturated carbocycles. The predicted octanol–water partition coefficient (Wildman–Crippen LogP) is 5.05. The van der Waals surface area contributed by atoms with E-state index in [-0.39, 0.29) is 30.6 Å². The molecule has 0 spiro atoms. The third kappa shape index (κ3) is 4.39. The minimum Gasteiger partial charge on any atom is -0.369 e. The van der Waals surface area contributed by atoms with Gasteiger partial charge in [-0.25, -0.2) is 4.39 Å². The van der Waals surface area contributed by atoms with Gasteiger partial charge in [0.15, 0.2) is 0 Å². The van der Waals surface area contributed by atoms with Gasteiger partial charge in [0.05, 0.1) is 6.42 Å². The Morgan fingerprint density at radius 3 is 2.13 bits per heavy atom. The third-order valence-corrected chi connectivity index (χ3v) is 5.26. The van der Waals surface area contributed by atoms with Gasteiger partial charge in [-0.05, 0) is 48.6 Å². The molecule has 0 atom stereocenters. The second-order valence-corrected chi connectivity index (χ2v) is 7.36. The Hall–Kier alpha value is -2.62. The highest BCUT2D eigenvalue weighted by atomic mass is 19.4. The van der Waals surface area contributed by atoms with Crippen LogP contribution in [0.1, 0.15) is 29.5 Å². The first-order chi connectivity index (χ1) is 14.3. The Morgan fingerprint density at radius 1 is 0.935 bits per heavy atom. The quantitative estimate of drug-likeness (QED) is 0.667. The maximum atomic E-state index is 13.2. The number of alkyl halides is 6. The maximum absolute atomic E-state index is 13.2. The smallest absolute Gasteiger partial charge is 0.369 e. The summed E-state index contributed by atoms with van der Waals surface area (Å²) < 4.78 is 92.3. The number of anilines is 1. The van der Waals surface area contributed by atoms with Gasteiger partial charge in [0.25, 0.3) is 5.60 Å². The van der Waals surface area contributed by atoms with Crippen molar-refractivity contribution in [1.82, 2.24) is 0 Å². The molecule has 1 amide bonds. The van der Waals surface area contributed by atoms with Gasteiger partial charge in [0, 0.05) is 17.8 Å². The Labute approximate surface area is 173 Å². The molecule has 0 fully saturated rings. The number of hydrogen-bond donors (Lipinski definition) is 1. The van der Waals surface area contributed by atoms with Gasteiger partial charge in [-0.3, -0.25) is 4.79 Å². The van der Waals surface area contributed by atoms with Crippen LogP contribution >= 0.6 is 0 Å². The first-order valence-electron chi connectivity index (χ1n) is 9.38. The summed E-state index contributed by atoms with van der Waals surface area (Å²) in [6.45, 7) is 0.231. The first kappa shape index (κ1) is 23.1. The van der Waals surface area contributed by atoms with E-state index in [0.717, 1.165) is 6.07 Å². The Morgan fingerprint density at radius 2 is 1.55 bits per heavy atom. The second-order valence-electron chi connectivity index (χ2n) is 7.36. The zero-order valence-electron chi connectivity index (χ0n) is 16.0. The van der Waals surface area contributed by atoms with Crippen molar-refractivity contribution in [3.8, 4) is 0 Å². The normalized spacial score (nSPS) is 15.4. The van der Waals surface area contributed by atoms with Crippen LogP contribution in [0.4, 0.5) is 36.4 Å². The molecule has 3 rings (SSSR count). The van der Waals surface area contributed by atoms with Crippen LogP contribution in [0.25, 0.3) is 0 Å². The molecule has 168 valence electrons. The van der Waals surface area contributed by atoms with Crippen LogP contribution in [-0.2, 0) is 23.2 Å². The fourth-order valence-electron chi connectivity index (χ4n) is 3.60. The number of halogens is 7. The Kier molecular flexibility index (Phi) is 6.05. The van der Waals surface area contributed by atoms with E-state index in [4.69, 9.17) is 0 Å². The summed E-state index contributed by atoms with van der Waals surface area (Å²) >= 11 is 0. The number of rotatable bonds is 3. The van der Waals surface area contributed by atoms with Crippen LogP contribution in [0.3, 0.4) is 0 Å². The summed E-state index contributed by atoms with van der Waals surface area (Å²) in [5, 5.41) is 9.66. The summed E-state index contributed by atoms with van der Waals surface area (Å²) in [6, 6.07) is 7.41. The number of hydrogen-bond acceptors (Lipinski definition) is 2. The summed E-state index contributed by atoms with van der Waals surface area (Å²) in [5.74, 6) is -0.907. The fourth-order valence-corrected chi connectivity index (χ4v) is 3.60. The minimum absolute atomic E-state index is 0.106. The van der Waals surface area contributed by atoms with Gasteiger partial charge in [-0.2, -0.15) is 26.3 Å². The number of nitrogens with zero attached hydrogens (tertiary/aromatic N) is 1. The van der Waals surface area contributed by atoms with E-state index in [1.54, 1.807) is 0 Å². The molecule has 0 saturated heterocycles. The standard InChI is InChI=1S/C21H18F7NO2/c22-16-7-4-13(5-8-16)11-18(30)29-10-2-1-3-14-12-15(6-9-17(14)29)19(31,20(23,24)25)21(26,27)28/h4-9,12,31H,1-3,10-11H2. The zero-order valence-corrected chi connectivity index (χ0v) is 16.0. The van der Waals surface area contributed by atoms with Crippen LogP contribution in [0.15, 0.2) is 42.5 Å². The van der Waals surface area contributed by atoms with Gasteiger partial charge < -0.3 is 10.0 Å². The van der Waals surface area contributed by atoms with E-state index in [1.165, 1.54) is 29.2 Å². The Balaban J connectivity index is 1.98. The van der Waals surface area contributed by atoms with Crippen molar-refractivity contribution < 1.29 is 40.6 Å². The largest absolute Gasteiger partial charge is 0.430 e. The number of amides is 1. The van der Waals surface area contributed by atoms with Crippen LogP contribution < -0.4 is 4.90 Å². The number of aryl methyl sites for hydroxylation is 1. The van der Waals surface area contributed by atoms with E-state index >= 15 is 0 Å². The fraction of sp³-hybridized carbons (Fsp3) is 0.381. The Bertz CT molecular complexity index is 938. The van der Waals surface area contributed by atoms with Gasteiger partial charge in [0.1, 0.15) is 5.82 Å². The van der Waals surface area contributed by atoms with Gasteiger partial charge in [-0.15, -0.1) is 0 Å². The lowest BCUT2D eigenvalue weighted by molar-refractivity contribution is -0.376. The van der Waals surface area contributed by atoms with Gasteiger partial charge in [0.2, 0.25) is 5.91 Å². The molecule has 1 N–H and O–H groups in total. The monoisotopic (exact) mass is 449 g/mol. The maximum Gasteiger partial charge on any atom is 0.430 e. The molecule has 1 aliphatic rings. The van der Waals surface area contributed by atoms with Crippen molar-refractivity contribution in [2.45, 2.75) is 43.6 Å². The average molecular weight is 449 g/mol. The molecule has 0 aromatic heterocycles. The lowest BCUT2D eigenvalue weighted by Gasteiger charge is -2.33. The van der Waals surface area contributed by atoms with Gasteiger partial charge >= 0.3 is 12.4 Å². The average Bonchev–Trinajstić information content (AvgIpc) is 2.89. The highest BCUT2D eigenvalue weighted by molar-refractivity contribution is 5.95. The highest BCUT2D eigenvalue weighted by Crippen LogP contribution is 2.50. The molecular weight excluding hydrogens is 431 g/mol. The molecule has 1 aliphatic heterocycles. The number of fused-ring (bicyclic) bond motifs is 1. The highest BCUT2D eigenvalue weighted by Gasteiger charge is 2.71. The predicted molar refractivity (Wildman–Crippen MR) is 97.8 cm³/mol. The molecule has 0 aliphatic carbocycles. The van der Waals surface area contributed by atoms with E-state index in [2.05, 4.69) is 0 Å². The van der Waals surface area contributed by atoms with Crippen molar-refractivity contribution in [2.24, 2.45) is 0 Å². The topological polar surface area (TPSA) is 40.5 Å². The molecule has 0 unspecified atom stereocenters. The first-order valence-corrected chi connectivity index (χ1v) is 9.38. The molecule has 0 bridgehead atoms. The van der Waals surface area contributed by atoms with E-state index in [9.17, 15) is 40.6 Å². The van der Waals surface area contributed by atoms with E-state index < -0.39 is 35.2 Å². The van der Waals surface area contributed by atoms with Crippen molar-refractivity contribution in [3.63, 3.8) is 0 Å². The van der Waals surface area contributed by atoms with Crippen LogP contribution in [0.2, 0.25) is 0 Å². The van der Waals surface area contributed by atoms with Crippen molar-refractivity contribution in [2.75, 3.05) is 11.4 Å². The molecule has 0 radical (unpaired) electrons. The summed E-state index contributed by atoms with van der Waals surface area (Å²) in [7, 11) is 0. The minimum atomic E-state index is -5.98.